The lowest BCUT2D eigenvalue weighted by Crippen LogP contribution is -2.16. The van der Waals surface area contributed by atoms with Crippen LogP contribution >= 0.6 is 0 Å². The first-order chi connectivity index (χ1) is 14.7. The van der Waals surface area contributed by atoms with Gasteiger partial charge in [-0.1, -0.05) is 19.9 Å². The molecule has 0 unspecified atom stereocenters. The molecule has 0 aliphatic heterocycles. The number of aromatic amines is 1. The van der Waals surface area contributed by atoms with Gasteiger partial charge in [0.15, 0.2) is 5.69 Å². The first-order valence-corrected chi connectivity index (χ1v) is 11.3. The number of aryl methyl sites for hydroxylation is 1. The van der Waals surface area contributed by atoms with Gasteiger partial charge in [0.1, 0.15) is 5.75 Å². The summed E-state index contributed by atoms with van der Waals surface area (Å²) in [7, 11) is -2.32. The van der Waals surface area contributed by atoms with Crippen LogP contribution in [0.5, 0.6) is 5.75 Å². The van der Waals surface area contributed by atoms with E-state index in [1.165, 1.54) is 13.2 Å². The Morgan fingerprint density at radius 2 is 1.77 bits per heavy atom. The molecule has 0 aliphatic carbocycles. The van der Waals surface area contributed by atoms with Crippen LogP contribution in [-0.2, 0) is 16.4 Å². The van der Waals surface area contributed by atoms with Gasteiger partial charge in [-0.25, -0.2) is 8.42 Å². The highest BCUT2D eigenvalue weighted by Crippen LogP contribution is 2.24. The summed E-state index contributed by atoms with van der Waals surface area (Å²) in [6, 6.07) is 13.0. The minimum Gasteiger partial charge on any atom is -0.497 e. The summed E-state index contributed by atoms with van der Waals surface area (Å²) in [6.45, 7) is 5.85. The molecule has 1 aromatic heterocycles. The van der Waals surface area contributed by atoms with Crippen LogP contribution in [0.4, 0.5) is 11.4 Å². The number of benzene rings is 2. The fraction of sp³-hybridized carbons (Fsp3) is 0.273. The van der Waals surface area contributed by atoms with E-state index in [0.29, 0.717) is 28.6 Å². The van der Waals surface area contributed by atoms with Crippen LogP contribution in [0.2, 0.25) is 0 Å². The monoisotopic (exact) mass is 442 g/mol. The van der Waals surface area contributed by atoms with E-state index < -0.39 is 15.9 Å². The number of anilines is 2. The highest BCUT2D eigenvalue weighted by molar-refractivity contribution is 7.92. The molecule has 0 saturated heterocycles. The second-order valence-electron chi connectivity index (χ2n) is 7.64. The molecule has 8 nitrogen and oxygen atoms in total. The maximum Gasteiger partial charge on any atom is 0.276 e. The van der Waals surface area contributed by atoms with E-state index in [1.807, 2.05) is 0 Å². The topological polar surface area (TPSA) is 113 Å². The van der Waals surface area contributed by atoms with Gasteiger partial charge in [0.05, 0.1) is 12.0 Å². The maximum atomic E-state index is 12.9. The molecule has 0 aliphatic rings. The lowest BCUT2D eigenvalue weighted by molar-refractivity contribution is 0.102. The van der Waals surface area contributed by atoms with Crippen molar-refractivity contribution in [2.24, 2.45) is 5.92 Å². The fourth-order valence-corrected chi connectivity index (χ4v) is 4.38. The van der Waals surface area contributed by atoms with Crippen LogP contribution in [0.1, 0.15) is 35.6 Å². The Kier molecular flexibility index (Phi) is 6.65. The third-order valence-electron chi connectivity index (χ3n) is 4.57. The highest BCUT2D eigenvalue weighted by atomic mass is 32.2. The van der Waals surface area contributed by atoms with E-state index in [2.05, 4.69) is 34.1 Å². The number of carbonyl (C=O) groups excluding carboxylic acids is 1. The Hall–Kier alpha value is -3.33. The quantitative estimate of drug-likeness (QED) is 0.488. The van der Waals surface area contributed by atoms with Crippen molar-refractivity contribution in [1.29, 1.82) is 0 Å². The molecule has 0 atom stereocenters. The van der Waals surface area contributed by atoms with Crippen molar-refractivity contribution >= 4 is 27.3 Å². The fourth-order valence-electron chi connectivity index (χ4n) is 3.05. The van der Waals surface area contributed by atoms with E-state index in [4.69, 9.17) is 4.74 Å². The predicted molar refractivity (Wildman–Crippen MR) is 120 cm³/mol. The average molecular weight is 443 g/mol. The summed E-state index contributed by atoms with van der Waals surface area (Å²) in [4.78, 5) is 12.6. The molecule has 31 heavy (non-hydrogen) atoms. The number of nitrogens with zero attached hydrogens (tertiary/aromatic N) is 1. The van der Waals surface area contributed by atoms with Gasteiger partial charge in [-0.05, 0) is 67.3 Å². The first kappa shape index (κ1) is 22.4. The van der Waals surface area contributed by atoms with Crippen LogP contribution in [0.25, 0.3) is 0 Å². The Labute approximate surface area is 182 Å². The van der Waals surface area contributed by atoms with Crippen molar-refractivity contribution in [3.63, 3.8) is 0 Å². The van der Waals surface area contributed by atoms with E-state index >= 15 is 0 Å². The van der Waals surface area contributed by atoms with Gasteiger partial charge >= 0.3 is 0 Å². The lowest BCUT2D eigenvalue weighted by atomic mass is 10.1. The van der Waals surface area contributed by atoms with Crippen molar-refractivity contribution in [3.8, 4) is 5.75 Å². The summed E-state index contributed by atoms with van der Waals surface area (Å²) >= 11 is 0. The normalized spacial score (nSPS) is 11.4. The number of hydrogen-bond acceptors (Lipinski definition) is 5. The van der Waals surface area contributed by atoms with E-state index in [-0.39, 0.29) is 10.6 Å². The number of carbonyl (C=O) groups is 1. The standard InChI is InChI=1S/C22H26N4O4S/c1-14(2)11-18-12-20(25-24-18)22(27)23-17-6-5-15(3)21(13-17)31(28,29)26-16-7-9-19(30-4)10-8-16/h5-10,12-14,26H,11H2,1-4H3,(H,23,27)(H,24,25). The minimum absolute atomic E-state index is 0.0728. The SMILES string of the molecule is COc1ccc(NS(=O)(=O)c2cc(NC(=O)c3cc(CC(C)C)[nH]n3)ccc2C)cc1. The van der Waals surface area contributed by atoms with Gasteiger partial charge in [-0.15, -0.1) is 0 Å². The van der Waals surface area contributed by atoms with Crippen LogP contribution in [0.15, 0.2) is 53.4 Å². The molecule has 0 radical (unpaired) electrons. The Morgan fingerprint density at radius 1 is 1.10 bits per heavy atom. The molecule has 9 heteroatoms. The van der Waals surface area contributed by atoms with E-state index in [0.717, 1.165) is 12.1 Å². The van der Waals surface area contributed by atoms with Gasteiger partial charge in [-0.3, -0.25) is 14.6 Å². The van der Waals surface area contributed by atoms with Gasteiger partial charge < -0.3 is 10.1 Å². The van der Waals surface area contributed by atoms with Crippen LogP contribution in [0.3, 0.4) is 0 Å². The van der Waals surface area contributed by atoms with Gasteiger partial charge in [0.2, 0.25) is 0 Å². The summed E-state index contributed by atoms with van der Waals surface area (Å²) in [5, 5.41) is 9.62. The smallest absolute Gasteiger partial charge is 0.276 e. The average Bonchev–Trinajstić information content (AvgIpc) is 3.17. The second-order valence-corrected chi connectivity index (χ2v) is 9.30. The first-order valence-electron chi connectivity index (χ1n) is 9.81. The maximum absolute atomic E-state index is 12.9. The Balaban J connectivity index is 1.78. The number of aromatic nitrogens is 2. The van der Waals surface area contributed by atoms with Gasteiger partial charge in [0.25, 0.3) is 15.9 Å². The highest BCUT2D eigenvalue weighted by Gasteiger charge is 2.19. The molecule has 0 saturated carbocycles. The molecule has 164 valence electrons. The summed E-state index contributed by atoms with van der Waals surface area (Å²) in [6.07, 6.45) is 0.782. The van der Waals surface area contributed by atoms with Crippen molar-refractivity contribution in [1.82, 2.24) is 10.2 Å². The van der Waals surface area contributed by atoms with E-state index in [1.54, 1.807) is 49.4 Å². The van der Waals surface area contributed by atoms with Gasteiger partial charge in [-0.2, -0.15) is 5.10 Å². The summed E-state index contributed by atoms with van der Waals surface area (Å²) in [5.41, 5.74) is 2.44. The molecule has 3 rings (SSSR count). The van der Waals surface area contributed by atoms with E-state index in [9.17, 15) is 13.2 Å². The van der Waals surface area contributed by atoms with Crippen molar-refractivity contribution in [2.75, 3.05) is 17.1 Å². The Morgan fingerprint density at radius 3 is 2.42 bits per heavy atom. The van der Waals surface area contributed by atoms with Crippen LogP contribution in [-0.4, -0.2) is 31.6 Å². The van der Waals surface area contributed by atoms with Crippen LogP contribution in [0, 0.1) is 12.8 Å². The molecule has 2 aromatic carbocycles. The molecule has 0 fully saturated rings. The number of methoxy groups -OCH3 is 1. The minimum atomic E-state index is -3.86. The van der Waals surface area contributed by atoms with Crippen molar-refractivity contribution < 1.29 is 17.9 Å². The number of amides is 1. The molecular weight excluding hydrogens is 416 g/mol. The number of rotatable bonds is 8. The summed E-state index contributed by atoms with van der Waals surface area (Å²) in [5.74, 6) is 0.639. The number of sulfonamides is 1. The number of H-pyrrole nitrogens is 1. The van der Waals surface area contributed by atoms with Gasteiger partial charge in [0, 0.05) is 17.1 Å². The molecule has 0 spiro atoms. The zero-order chi connectivity index (χ0) is 22.6. The van der Waals surface area contributed by atoms with Crippen molar-refractivity contribution in [2.45, 2.75) is 32.1 Å². The van der Waals surface area contributed by atoms with Crippen LogP contribution < -0.4 is 14.8 Å². The molecule has 1 heterocycles. The number of nitrogens with one attached hydrogen (secondary N) is 3. The molecule has 1 amide bonds. The van der Waals surface area contributed by atoms with Crippen molar-refractivity contribution in [3.05, 3.63) is 65.5 Å². The number of ether oxygens (including phenoxy) is 1. The largest absolute Gasteiger partial charge is 0.497 e. The summed E-state index contributed by atoms with van der Waals surface area (Å²) < 4.78 is 33.5. The third-order valence-corrected chi connectivity index (χ3v) is 6.09. The lowest BCUT2D eigenvalue weighted by Gasteiger charge is -2.13. The predicted octanol–water partition coefficient (Wildman–Crippen LogP) is 3.98. The number of hydrogen-bond donors (Lipinski definition) is 3. The second kappa shape index (κ2) is 9.22. The molecular formula is C22H26N4O4S. The third kappa shape index (κ3) is 5.64. The molecule has 3 N–H and O–H groups in total. The molecule has 0 bridgehead atoms. The molecule has 3 aromatic rings. The zero-order valence-corrected chi connectivity index (χ0v) is 18.7. The zero-order valence-electron chi connectivity index (χ0n) is 17.9. The Bertz CT molecular complexity index is 1170.